The van der Waals surface area contributed by atoms with Gasteiger partial charge in [-0.05, 0) is 54.4 Å². The van der Waals surface area contributed by atoms with Crippen molar-refractivity contribution >= 4 is 40.1 Å². The molecule has 0 unspecified atom stereocenters. The summed E-state index contributed by atoms with van der Waals surface area (Å²) in [5.41, 5.74) is 10.0. The summed E-state index contributed by atoms with van der Waals surface area (Å²) in [6, 6.07) is 10.7. The van der Waals surface area contributed by atoms with E-state index in [9.17, 15) is 4.79 Å². The zero-order valence-corrected chi connectivity index (χ0v) is 19.3. The highest BCUT2D eigenvalue weighted by molar-refractivity contribution is 6.36. The molecule has 33 heavy (non-hydrogen) atoms. The number of ether oxygens (including phenoxy) is 2. The number of pyridine rings is 1. The number of nitrogens with zero attached hydrogens (tertiary/aromatic N) is 4. The molecule has 0 aliphatic rings. The van der Waals surface area contributed by atoms with E-state index in [2.05, 4.69) is 10.1 Å². The van der Waals surface area contributed by atoms with E-state index in [-0.39, 0.29) is 13.2 Å². The van der Waals surface area contributed by atoms with Crippen molar-refractivity contribution in [1.29, 1.82) is 0 Å². The Morgan fingerprint density at radius 1 is 1.15 bits per heavy atom. The van der Waals surface area contributed by atoms with Crippen LogP contribution in [0.1, 0.15) is 18.1 Å². The van der Waals surface area contributed by atoms with Crippen LogP contribution < -0.4 is 10.5 Å². The van der Waals surface area contributed by atoms with Crippen LogP contribution in [0.5, 0.6) is 5.75 Å². The molecule has 0 radical (unpaired) electrons. The van der Waals surface area contributed by atoms with E-state index in [1.165, 1.54) is 6.33 Å². The second-order valence-electron chi connectivity index (χ2n) is 7.11. The Labute approximate surface area is 200 Å². The van der Waals surface area contributed by atoms with Crippen molar-refractivity contribution in [2.45, 2.75) is 20.0 Å². The van der Waals surface area contributed by atoms with Crippen LogP contribution in [-0.2, 0) is 22.6 Å². The SMILES string of the molecule is CCOC(=O)COc1ccc2nc(-c3ccc(Cl)cc3Cl)c(CN)c(Cn3cncn3)c2c1. The molecule has 0 aliphatic heterocycles. The zero-order valence-electron chi connectivity index (χ0n) is 17.8. The van der Waals surface area contributed by atoms with Crippen molar-refractivity contribution in [2.24, 2.45) is 5.73 Å². The fourth-order valence-corrected chi connectivity index (χ4v) is 4.06. The summed E-state index contributed by atoms with van der Waals surface area (Å²) in [6.07, 6.45) is 3.10. The molecule has 4 rings (SSSR count). The van der Waals surface area contributed by atoms with Crippen LogP contribution in [0, 0.1) is 0 Å². The largest absolute Gasteiger partial charge is 0.482 e. The first kappa shape index (κ1) is 23.0. The standard InChI is InChI=1S/C23H21Cl2N5O3/c1-2-32-22(31)11-33-15-4-6-21-17(8-15)19(10-30-13-27-12-28-30)18(9-26)23(29-21)16-5-3-14(24)7-20(16)25/h3-8,12-13H,2,9-11,26H2,1H3. The minimum Gasteiger partial charge on any atom is -0.482 e. The van der Waals surface area contributed by atoms with Crippen molar-refractivity contribution in [3.63, 3.8) is 0 Å². The Morgan fingerprint density at radius 2 is 2.00 bits per heavy atom. The fraction of sp³-hybridized carbons (Fsp3) is 0.217. The van der Waals surface area contributed by atoms with Gasteiger partial charge in [0.15, 0.2) is 6.61 Å². The maximum absolute atomic E-state index is 11.7. The first-order valence-electron chi connectivity index (χ1n) is 10.2. The number of rotatable bonds is 8. The summed E-state index contributed by atoms with van der Waals surface area (Å²) in [4.78, 5) is 20.6. The van der Waals surface area contributed by atoms with Gasteiger partial charge >= 0.3 is 5.97 Å². The van der Waals surface area contributed by atoms with Crippen molar-refractivity contribution in [3.8, 4) is 17.0 Å². The third-order valence-electron chi connectivity index (χ3n) is 5.01. The van der Waals surface area contributed by atoms with Gasteiger partial charge in [-0.15, -0.1) is 0 Å². The number of carbonyl (C=O) groups is 1. The molecule has 2 heterocycles. The van der Waals surface area contributed by atoms with E-state index in [4.69, 9.17) is 43.4 Å². The lowest BCUT2D eigenvalue weighted by Gasteiger charge is -2.18. The minimum atomic E-state index is -0.436. The molecule has 0 bridgehead atoms. The van der Waals surface area contributed by atoms with Gasteiger partial charge in [0.1, 0.15) is 18.4 Å². The molecule has 0 atom stereocenters. The molecule has 0 amide bonds. The third kappa shape index (κ3) is 5.08. The molecule has 0 saturated carbocycles. The summed E-state index contributed by atoms with van der Waals surface area (Å²) in [6.45, 7) is 2.48. The van der Waals surface area contributed by atoms with Gasteiger partial charge in [0.05, 0.1) is 29.4 Å². The van der Waals surface area contributed by atoms with Gasteiger partial charge in [-0.25, -0.2) is 19.4 Å². The molecule has 8 nitrogen and oxygen atoms in total. The van der Waals surface area contributed by atoms with Crippen LogP contribution in [0.3, 0.4) is 0 Å². The van der Waals surface area contributed by atoms with Gasteiger partial charge in [-0.2, -0.15) is 5.10 Å². The quantitative estimate of drug-likeness (QED) is 0.371. The monoisotopic (exact) mass is 485 g/mol. The number of nitrogens with two attached hydrogens (primary N) is 1. The minimum absolute atomic E-state index is 0.187. The number of halogens is 2. The second kappa shape index (κ2) is 10.2. The predicted molar refractivity (Wildman–Crippen MR) is 126 cm³/mol. The lowest BCUT2D eigenvalue weighted by Crippen LogP contribution is -2.14. The third-order valence-corrected chi connectivity index (χ3v) is 5.56. The van der Waals surface area contributed by atoms with Crippen LogP contribution >= 0.6 is 23.2 Å². The fourth-order valence-electron chi connectivity index (χ4n) is 3.56. The van der Waals surface area contributed by atoms with E-state index < -0.39 is 5.97 Å². The first-order valence-corrected chi connectivity index (χ1v) is 11.0. The average Bonchev–Trinajstić information content (AvgIpc) is 3.31. The van der Waals surface area contributed by atoms with E-state index >= 15 is 0 Å². The van der Waals surface area contributed by atoms with Crippen LogP contribution in [0.4, 0.5) is 0 Å². The van der Waals surface area contributed by atoms with Crippen molar-refractivity contribution < 1.29 is 14.3 Å². The van der Waals surface area contributed by atoms with Gasteiger partial charge in [0.2, 0.25) is 0 Å². The highest BCUT2D eigenvalue weighted by atomic mass is 35.5. The smallest absolute Gasteiger partial charge is 0.344 e. The molecule has 0 saturated heterocycles. The van der Waals surface area contributed by atoms with Crippen molar-refractivity contribution in [3.05, 3.63) is 70.2 Å². The second-order valence-corrected chi connectivity index (χ2v) is 7.96. The first-order chi connectivity index (χ1) is 16.0. The number of fused-ring (bicyclic) bond motifs is 1. The van der Waals surface area contributed by atoms with Crippen LogP contribution in [0.2, 0.25) is 10.0 Å². The van der Waals surface area contributed by atoms with Crippen LogP contribution in [0.25, 0.3) is 22.2 Å². The highest BCUT2D eigenvalue weighted by Crippen LogP contribution is 2.36. The molecule has 170 valence electrons. The lowest BCUT2D eigenvalue weighted by molar-refractivity contribution is -0.145. The molecule has 0 aliphatic carbocycles. The van der Waals surface area contributed by atoms with Crippen LogP contribution in [0.15, 0.2) is 49.1 Å². The Balaban J connectivity index is 1.86. The maximum atomic E-state index is 11.7. The van der Waals surface area contributed by atoms with E-state index in [0.29, 0.717) is 40.2 Å². The van der Waals surface area contributed by atoms with Gasteiger partial charge in [0, 0.05) is 22.5 Å². The molecule has 0 spiro atoms. The number of aromatic nitrogens is 4. The molecular formula is C23H21Cl2N5O3. The highest BCUT2D eigenvalue weighted by Gasteiger charge is 2.19. The molecular weight excluding hydrogens is 465 g/mol. The number of carbonyl (C=O) groups excluding carboxylic acids is 1. The Hall–Kier alpha value is -3.20. The van der Waals surface area contributed by atoms with Gasteiger partial charge in [-0.1, -0.05) is 23.2 Å². The zero-order chi connectivity index (χ0) is 23.4. The van der Waals surface area contributed by atoms with Gasteiger partial charge in [-0.3, -0.25) is 0 Å². The Morgan fingerprint density at radius 3 is 2.70 bits per heavy atom. The Bertz CT molecular complexity index is 1300. The van der Waals surface area contributed by atoms with Crippen molar-refractivity contribution in [1.82, 2.24) is 19.7 Å². The molecule has 4 aromatic rings. The summed E-state index contributed by atoms with van der Waals surface area (Å²) < 4.78 is 12.3. The van der Waals surface area contributed by atoms with Gasteiger partial charge < -0.3 is 15.2 Å². The summed E-state index contributed by atoms with van der Waals surface area (Å²) in [5.74, 6) is 0.0753. The number of esters is 1. The predicted octanol–water partition coefficient (Wildman–Crippen LogP) is 4.25. The van der Waals surface area contributed by atoms with Gasteiger partial charge in [0.25, 0.3) is 0 Å². The number of hydrogen-bond donors (Lipinski definition) is 1. The molecule has 10 heteroatoms. The number of benzene rings is 2. The topological polar surface area (TPSA) is 105 Å². The summed E-state index contributed by atoms with van der Waals surface area (Å²) in [7, 11) is 0. The molecule has 2 aromatic carbocycles. The maximum Gasteiger partial charge on any atom is 0.344 e. The summed E-state index contributed by atoms with van der Waals surface area (Å²) in [5, 5.41) is 6.07. The van der Waals surface area contributed by atoms with Crippen molar-refractivity contribution in [2.75, 3.05) is 13.2 Å². The van der Waals surface area contributed by atoms with E-state index in [1.54, 1.807) is 36.1 Å². The van der Waals surface area contributed by atoms with Crippen LogP contribution in [-0.4, -0.2) is 38.9 Å². The molecule has 0 fully saturated rings. The lowest BCUT2D eigenvalue weighted by atomic mass is 9.96. The Kier molecular flexibility index (Phi) is 7.08. The van der Waals surface area contributed by atoms with E-state index in [1.807, 2.05) is 18.2 Å². The van der Waals surface area contributed by atoms with E-state index in [0.717, 1.165) is 22.1 Å². The number of hydrogen-bond acceptors (Lipinski definition) is 7. The normalized spacial score (nSPS) is 11.0. The average molecular weight is 486 g/mol. The molecule has 2 N–H and O–H groups in total. The molecule has 2 aromatic heterocycles. The summed E-state index contributed by atoms with van der Waals surface area (Å²) >= 11 is 12.6.